The Morgan fingerprint density at radius 3 is 2.28 bits per heavy atom. The van der Waals surface area contributed by atoms with E-state index in [1.54, 1.807) is 0 Å². The second-order valence-corrected chi connectivity index (χ2v) is 8.62. The first-order chi connectivity index (χ1) is 13.1. The summed E-state index contributed by atoms with van der Waals surface area (Å²) < 4.78 is 123. The second kappa shape index (κ2) is 6.70. The van der Waals surface area contributed by atoms with Crippen molar-refractivity contribution in [3.8, 4) is 0 Å². The Morgan fingerprint density at radius 2 is 1.69 bits per heavy atom. The largest absolute Gasteiger partial charge is 0.465 e. The highest BCUT2D eigenvalue weighted by molar-refractivity contribution is 7.87. The van der Waals surface area contributed by atoms with Crippen molar-refractivity contribution in [2.75, 3.05) is 13.2 Å². The van der Waals surface area contributed by atoms with E-state index in [9.17, 15) is 44.3 Å². The van der Waals surface area contributed by atoms with Gasteiger partial charge in [0.2, 0.25) is 0 Å². The highest BCUT2D eigenvalue weighted by atomic mass is 32.2. The number of halogens is 6. The molecule has 3 fully saturated rings. The van der Waals surface area contributed by atoms with E-state index in [2.05, 4.69) is 4.74 Å². The Kier molecular flexibility index (Phi) is 5.10. The van der Waals surface area contributed by atoms with Gasteiger partial charge in [-0.25, -0.2) is 4.79 Å². The van der Waals surface area contributed by atoms with Crippen LogP contribution in [0.1, 0.15) is 12.8 Å². The molecule has 0 aromatic rings. The quantitative estimate of drug-likeness (QED) is 0.330. The Balaban J connectivity index is 1.58. The Labute approximate surface area is 159 Å². The first-order valence-electron chi connectivity index (χ1n) is 8.18. The zero-order chi connectivity index (χ0) is 22.0. The SMILES string of the molecule is O=C1OC2C3CC(CC13)C2OCC(F)(F)C(F)(F)COC(=O)C(F)(F)S(=O)(=O)O. The highest BCUT2D eigenvalue weighted by Crippen LogP contribution is 2.55. The normalized spacial score (nSPS) is 31.8. The van der Waals surface area contributed by atoms with Gasteiger partial charge >= 0.3 is 39.2 Å². The summed E-state index contributed by atoms with van der Waals surface area (Å²) in [7, 11) is -6.35. The molecule has 2 saturated carbocycles. The first-order valence-corrected chi connectivity index (χ1v) is 9.62. The molecule has 8 nitrogen and oxygen atoms in total. The van der Waals surface area contributed by atoms with Crippen LogP contribution in [-0.4, -0.2) is 67.4 Å². The molecule has 2 aliphatic carbocycles. The van der Waals surface area contributed by atoms with Crippen LogP contribution in [0.5, 0.6) is 0 Å². The van der Waals surface area contributed by atoms with Gasteiger partial charge in [0.15, 0.2) is 6.61 Å². The number of carbonyl (C=O) groups excluding carboxylic acids is 2. The van der Waals surface area contributed by atoms with E-state index in [-0.39, 0.29) is 17.8 Å². The minimum atomic E-state index is -6.35. The maximum absolute atomic E-state index is 13.9. The number of esters is 2. The van der Waals surface area contributed by atoms with Gasteiger partial charge in [-0.1, -0.05) is 0 Å². The molecule has 0 aromatic carbocycles. The van der Waals surface area contributed by atoms with E-state index in [4.69, 9.17) is 14.0 Å². The molecule has 29 heavy (non-hydrogen) atoms. The van der Waals surface area contributed by atoms with Gasteiger partial charge in [0.25, 0.3) is 0 Å². The molecular weight excluding hydrogens is 442 g/mol. The number of fused-ring (bicyclic) bond motifs is 1. The average Bonchev–Trinajstić information content (AvgIpc) is 3.20. The summed E-state index contributed by atoms with van der Waals surface area (Å²) in [5.74, 6) is -14.8. The minimum Gasteiger partial charge on any atom is -0.459 e. The summed E-state index contributed by atoms with van der Waals surface area (Å²) >= 11 is 0. The average molecular weight is 456 g/mol. The maximum atomic E-state index is 13.9. The molecule has 3 rings (SSSR count). The lowest BCUT2D eigenvalue weighted by molar-refractivity contribution is -0.260. The standard InChI is InChI=1S/C14H14F6O8S/c15-12(16,13(17,18)4-27-11(22)14(19,20)29(23,24)25)3-26-8-5-1-6-7(2-5)10(21)28-9(6)8/h5-9H,1-4H2,(H,23,24,25). The van der Waals surface area contributed by atoms with Crippen LogP contribution in [-0.2, 0) is 33.9 Å². The minimum absolute atomic E-state index is 0.241. The third kappa shape index (κ3) is 3.56. The summed E-state index contributed by atoms with van der Waals surface area (Å²) in [4.78, 5) is 22.5. The van der Waals surface area contributed by atoms with Gasteiger partial charge in [0.05, 0.1) is 12.0 Å². The predicted octanol–water partition coefficient (Wildman–Crippen LogP) is 1.25. The van der Waals surface area contributed by atoms with Crippen LogP contribution in [0.2, 0.25) is 0 Å². The molecule has 1 heterocycles. The van der Waals surface area contributed by atoms with E-state index in [0.29, 0.717) is 12.8 Å². The molecule has 15 heteroatoms. The number of hydrogen-bond donors (Lipinski definition) is 1. The fourth-order valence-electron chi connectivity index (χ4n) is 3.89. The molecule has 2 bridgehead atoms. The van der Waals surface area contributed by atoms with Crippen molar-refractivity contribution < 1.29 is 63.1 Å². The molecule has 3 aliphatic rings. The molecular formula is C14H14F6O8S. The van der Waals surface area contributed by atoms with Crippen molar-refractivity contribution in [3.05, 3.63) is 0 Å². The Morgan fingerprint density at radius 1 is 1.10 bits per heavy atom. The topological polar surface area (TPSA) is 116 Å². The summed E-state index contributed by atoms with van der Waals surface area (Å²) in [6.07, 6.45) is -1.09. The highest BCUT2D eigenvalue weighted by Gasteiger charge is 2.64. The Hall–Kier alpha value is -1.61. The summed E-state index contributed by atoms with van der Waals surface area (Å²) in [6, 6.07) is 0. The molecule has 0 spiro atoms. The maximum Gasteiger partial charge on any atom is 0.465 e. The van der Waals surface area contributed by atoms with Crippen molar-refractivity contribution in [1.82, 2.24) is 0 Å². The van der Waals surface area contributed by atoms with E-state index in [0.717, 1.165) is 0 Å². The number of carbonyl (C=O) groups is 2. The van der Waals surface area contributed by atoms with Crippen LogP contribution < -0.4 is 0 Å². The molecule has 5 atom stereocenters. The number of rotatable bonds is 8. The summed E-state index contributed by atoms with van der Waals surface area (Å²) in [6.45, 7) is -4.48. The molecule has 1 aliphatic heterocycles. The fraction of sp³-hybridized carbons (Fsp3) is 0.857. The first kappa shape index (κ1) is 22.1. The number of alkyl halides is 6. The molecule has 166 valence electrons. The monoisotopic (exact) mass is 456 g/mol. The smallest absolute Gasteiger partial charge is 0.459 e. The number of ether oxygens (including phenoxy) is 3. The van der Waals surface area contributed by atoms with Crippen LogP contribution in [0.15, 0.2) is 0 Å². The van der Waals surface area contributed by atoms with Gasteiger partial charge in [0.1, 0.15) is 12.7 Å². The van der Waals surface area contributed by atoms with Crippen molar-refractivity contribution in [3.63, 3.8) is 0 Å². The van der Waals surface area contributed by atoms with Crippen LogP contribution in [0.3, 0.4) is 0 Å². The third-order valence-electron chi connectivity index (χ3n) is 5.35. The summed E-state index contributed by atoms with van der Waals surface area (Å²) in [5, 5.41) is -5.61. The third-order valence-corrected chi connectivity index (χ3v) is 6.17. The van der Waals surface area contributed by atoms with E-state index >= 15 is 0 Å². The van der Waals surface area contributed by atoms with E-state index < -0.39 is 64.6 Å². The Bertz CT molecular complexity index is 815. The molecule has 1 saturated heterocycles. The lowest BCUT2D eigenvalue weighted by Crippen LogP contribution is -2.51. The van der Waals surface area contributed by atoms with Crippen LogP contribution in [0.4, 0.5) is 26.3 Å². The second-order valence-electron chi connectivity index (χ2n) is 7.16. The lowest BCUT2D eigenvalue weighted by atomic mass is 9.88. The van der Waals surface area contributed by atoms with E-state index in [1.165, 1.54) is 0 Å². The van der Waals surface area contributed by atoms with Gasteiger partial charge < -0.3 is 14.2 Å². The fourth-order valence-corrected chi connectivity index (χ4v) is 4.16. The van der Waals surface area contributed by atoms with E-state index in [1.807, 2.05) is 0 Å². The molecule has 0 amide bonds. The van der Waals surface area contributed by atoms with Gasteiger partial charge in [0, 0.05) is 5.92 Å². The van der Waals surface area contributed by atoms with Crippen molar-refractivity contribution in [2.24, 2.45) is 17.8 Å². The van der Waals surface area contributed by atoms with Crippen LogP contribution in [0.25, 0.3) is 0 Å². The lowest BCUT2D eigenvalue weighted by Gasteiger charge is -2.30. The molecule has 0 radical (unpaired) electrons. The van der Waals surface area contributed by atoms with Crippen molar-refractivity contribution >= 4 is 22.1 Å². The summed E-state index contributed by atoms with van der Waals surface area (Å²) in [5.41, 5.74) is 0. The molecule has 0 aromatic heterocycles. The van der Waals surface area contributed by atoms with Gasteiger partial charge in [-0.05, 0) is 18.8 Å². The van der Waals surface area contributed by atoms with Gasteiger partial charge in [-0.2, -0.15) is 34.8 Å². The van der Waals surface area contributed by atoms with Gasteiger partial charge in [-0.3, -0.25) is 9.35 Å². The number of hydrogen-bond acceptors (Lipinski definition) is 7. The van der Waals surface area contributed by atoms with Crippen molar-refractivity contribution in [1.29, 1.82) is 0 Å². The zero-order valence-corrected chi connectivity index (χ0v) is 15.0. The van der Waals surface area contributed by atoms with Crippen LogP contribution >= 0.6 is 0 Å². The zero-order valence-electron chi connectivity index (χ0n) is 14.2. The van der Waals surface area contributed by atoms with Crippen molar-refractivity contribution in [2.45, 2.75) is 42.1 Å². The molecule has 5 unspecified atom stereocenters. The molecule has 1 N–H and O–H groups in total. The van der Waals surface area contributed by atoms with Gasteiger partial charge in [-0.15, -0.1) is 0 Å². The predicted molar refractivity (Wildman–Crippen MR) is 76.7 cm³/mol. The van der Waals surface area contributed by atoms with Crippen LogP contribution in [0, 0.1) is 17.8 Å².